The van der Waals surface area contributed by atoms with Gasteiger partial charge < -0.3 is 15.1 Å². The van der Waals surface area contributed by atoms with E-state index >= 15 is 0 Å². The molecule has 7 heteroatoms. The van der Waals surface area contributed by atoms with Gasteiger partial charge in [0, 0.05) is 5.69 Å². The van der Waals surface area contributed by atoms with E-state index in [1.54, 1.807) is 54.6 Å². The van der Waals surface area contributed by atoms with Crippen LogP contribution in [-0.2, 0) is 9.59 Å². The molecule has 2 aromatic carbocycles. The number of hydrogen-bond acceptors (Lipinski definition) is 4. The molecule has 1 aliphatic rings. The summed E-state index contributed by atoms with van der Waals surface area (Å²) >= 11 is 0. The molecule has 1 aromatic heterocycles. The Morgan fingerprint density at radius 1 is 1.00 bits per heavy atom. The molecule has 0 bridgehead atoms. The van der Waals surface area contributed by atoms with Crippen molar-refractivity contribution in [3.05, 3.63) is 78.8 Å². The highest BCUT2D eigenvalue weighted by Gasteiger charge is 2.39. The third kappa shape index (κ3) is 3.37. The summed E-state index contributed by atoms with van der Waals surface area (Å²) in [6.07, 6.45) is 1.20. The van der Waals surface area contributed by atoms with E-state index in [0.717, 1.165) is 0 Å². The highest BCUT2D eigenvalue weighted by molar-refractivity contribution is 6.17. The van der Waals surface area contributed by atoms with Gasteiger partial charge in [-0.3, -0.25) is 19.3 Å². The smallest absolute Gasteiger partial charge is 0.294 e. The Morgan fingerprint density at radius 2 is 1.75 bits per heavy atom. The molecular weight excluding hydrogens is 358 g/mol. The van der Waals surface area contributed by atoms with Crippen LogP contribution >= 0.6 is 0 Å². The average Bonchev–Trinajstić information content (AvgIpc) is 3.24. The van der Waals surface area contributed by atoms with Crippen molar-refractivity contribution in [1.29, 1.82) is 0 Å². The molecule has 0 spiro atoms. The van der Waals surface area contributed by atoms with Crippen LogP contribution < -0.4 is 15.5 Å². The maximum atomic E-state index is 13.0. The van der Waals surface area contributed by atoms with Gasteiger partial charge in [0.15, 0.2) is 5.76 Å². The van der Waals surface area contributed by atoms with Crippen LogP contribution in [0.3, 0.4) is 0 Å². The van der Waals surface area contributed by atoms with Crippen molar-refractivity contribution in [2.45, 2.75) is 12.5 Å². The number of rotatable bonds is 4. The fourth-order valence-corrected chi connectivity index (χ4v) is 3.15. The highest BCUT2D eigenvalue weighted by atomic mass is 16.3. The zero-order chi connectivity index (χ0) is 19.5. The summed E-state index contributed by atoms with van der Waals surface area (Å²) < 4.78 is 5.22. The second kappa shape index (κ2) is 7.40. The first-order valence-electron chi connectivity index (χ1n) is 8.75. The van der Waals surface area contributed by atoms with E-state index in [2.05, 4.69) is 10.6 Å². The monoisotopic (exact) mass is 375 g/mol. The van der Waals surface area contributed by atoms with Gasteiger partial charge in [0.05, 0.1) is 24.1 Å². The minimum Gasteiger partial charge on any atom is -0.459 e. The predicted octanol–water partition coefficient (Wildman–Crippen LogP) is 3.28. The summed E-state index contributed by atoms with van der Waals surface area (Å²) in [6, 6.07) is 18.0. The molecule has 28 heavy (non-hydrogen) atoms. The van der Waals surface area contributed by atoms with Crippen molar-refractivity contribution in [2.75, 3.05) is 15.5 Å². The van der Waals surface area contributed by atoms with Gasteiger partial charge in [-0.15, -0.1) is 0 Å². The average molecular weight is 375 g/mol. The van der Waals surface area contributed by atoms with E-state index in [4.69, 9.17) is 4.42 Å². The number of amides is 3. The van der Waals surface area contributed by atoms with E-state index in [0.29, 0.717) is 17.1 Å². The summed E-state index contributed by atoms with van der Waals surface area (Å²) in [5, 5.41) is 5.51. The molecule has 0 radical (unpaired) electrons. The van der Waals surface area contributed by atoms with E-state index in [1.165, 1.54) is 17.2 Å². The topological polar surface area (TPSA) is 91.7 Å². The van der Waals surface area contributed by atoms with Crippen LogP contribution in [-0.4, -0.2) is 23.8 Å². The first-order chi connectivity index (χ1) is 13.6. The SMILES string of the molecule is O=C(C[C@H]1C(=O)Nc2ccccc2N1C(=O)c1ccco1)Nc1ccccc1. The van der Waals surface area contributed by atoms with Crippen molar-refractivity contribution in [1.82, 2.24) is 0 Å². The number of nitrogens with one attached hydrogen (secondary N) is 2. The standard InChI is InChI=1S/C21H17N3O4/c25-19(22-14-7-2-1-3-8-14)13-17-20(26)23-15-9-4-5-10-16(15)24(17)21(27)18-11-6-12-28-18/h1-12,17H,13H2,(H,22,25)(H,23,26)/t17-/m0/s1. The molecule has 0 saturated heterocycles. The Morgan fingerprint density at radius 3 is 2.50 bits per heavy atom. The Balaban J connectivity index is 1.64. The number of anilines is 3. The second-order valence-corrected chi connectivity index (χ2v) is 6.29. The van der Waals surface area contributed by atoms with Crippen LogP contribution in [0, 0.1) is 0 Å². The lowest BCUT2D eigenvalue weighted by molar-refractivity contribution is -0.122. The van der Waals surface area contributed by atoms with Crippen molar-refractivity contribution in [2.24, 2.45) is 0 Å². The summed E-state index contributed by atoms with van der Waals surface area (Å²) in [6.45, 7) is 0. The van der Waals surface area contributed by atoms with Crippen LogP contribution in [0.15, 0.2) is 77.4 Å². The van der Waals surface area contributed by atoms with Gasteiger partial charge in [-0.25, -0.2) is 0 Å². The van der Waals surface area contributed by atoms with Gasteiger partial charge in [-0.05, 0) is 36.4 Å². The Bertz CT molecular complexity index is 1020. The van der Waals surface area contributed by atoms with Gasteiger partial charge in [0.2, 0.25) is 11.8 Å². The summed E-state index contributed by atoms with van der Waals surface area (Å²) in [5.41, 5.74) is 1.64. The molecule has 3 aromatic rings. The molecule has 7 nitrogen and oxygen atoms in total. The molecule has 3 amide bonds. The van der Waals surface area contributed by atoms with Gasteiger partial charge in [-0.2, -0.15) is 0 Å². The number of carbonyl (C=O) groups is 3. The van der Waals surface area contributed by atoms with E-state index in [1.807, 2.05) is 6.07 Å². The van der Waals surface area contributed by atoms with Crippen LogP contribution in [0.2, 0.25) is 0 Å². The number of hydrogen-bond donors (Lipinski definition) is 2. The van der Waals surface area contributed by atoms with Crippen molar-refractivity contribution < 1.29 is 18.8 Å². The third-order valence-electron chi connectivity index (χ3n) is 4.42. The molecular formula is C21H17N3O4. The minimum atomic E-state index is -1.00. The fourth-order valence-electron chi connectivity index (χ4n) is 3.15. The molecule has 1 aliphatic heterocycles. The summed E-state index contributed by atoms with van der Waals surface area (Å²) in [4.78, 5) is 39.6. The van der Waals surface area contributed by atoms with E-state index < -0.39 is 17.9 Å². The maximum Gasteiger partial charge on any atom is 0.294 e. The van der Waals surface area contributed by atoms with Crippen LogP contribution in [0.1, 0.15) is 17.0 Å². The molecule has 2 heterocycles. The maximum absolute atomic E-state index is 13.0. The molecule has 1 atom stereocenters. The number of benzene rings is 2. The van der Waals surface area contributed by atoms with Gasteiger partial charge in [0.25, 0.3) is 5.91 Å². The highest BCUT2D eigenvalue weighted by Crippen LogP contribution is 2.34. The molecule has 140 valence electrons. The van der Waals surface area contributed by atoms with Crippen LogP contribution in [0.5, 0.6) is 0 Å². The Hall–Kier alpha value is -3.87. The van der Waals surface area contributed by atoms with Gasteiger partial charge >= 0.3 is 0 Å². The predicted molar refractivity (Wildman–Crippen MR) is 104 cm³/mol. The normalized spacial score (nSPS) is 15.5. The summed E-state index contributed by atoms with van der Waals surface area (Å²) in [7, 11) is 0. The number of para-hydroxylation sites is 3. The van der Waals surface area contributed by atoms with Crippen molar-refractivity contribution in [3.8, 4) is 0 Å². The van der Waals surface area contributed by atoms with Crippen LogP contribution in [0.25, 0.3) is 0 Å². The lowest BCUT2D eigenvalue weighted by atomic mass is 10.0. The number of nitrogens with zero attached hydrogens (tertiary/aromatic N) is 1. The zero-order valence-corrected chi connectivity index (χ0v) is 14.8. The van der Waals surface area contributed by atoms with Crippen molar-refractivity contribution in [3.63, 3.8) is 0 Å². The quantitative estimate of drug-likeness (QED) is 0.732. The first-order valence-corrected chi connectivity index (χ1v) is 8.75. The molecule has 0 aliphatic carbocycles. The summed E-state index contributed by atoms with van der Waals surface area (Å²) in [5.74, 6) is -1.19. The van der Waals surface area contributed by atoms with Gasteiger partial charge in [0.1, 0.15) is 6.04 Å². The van der Waals surface area contributed by atoms with Crippen LogP contribution in [0.4, 0.5) is 17.1 Å². The lowest BCUT2D eigenvalue weighted by Gasteiger charge is -2.35. The molecule has 0 saturated carbocycles. The molecule has 4 rings (SSSR count). The Kier molecular flexibility index (Phi) is 4.63. The zero-order valence-electron chi connectivity index (χ0n) is 14.8. The second-order valence-electron chi connectivity index (χ2n) is 6.29. The van der Waals surface area contributed by atoms with E-state index in [9.17, 15) is 14.4 Å². The van der Waals surface area contributed by atoms with Crippen molar-refractivity contribution >= 4 is 34.8 Å². The minimum absolute atomic E-state index is 0.0953. The largest absolute Gasteiger partial charge is 0.459 e. The fraction of sp³-hybridized carbons (Fsp3) is 0.0952. The third-order valence-corrected chi connectivity index (χ3v) is 4.42. The first kappa shape index (κ1) is 17.5. The molecule has 0 fully saturated rings. The number of furan rings is 1. The Labute approximate surface area is 161 Å². The molecule has 0 unspecified atom stereocenters. The number of fused-ring (bicyclic) bond motifs is 1. The number of carbonyl (C=O) groups excluding carboxylic acids is 3. The van der Waals surface area contributed by atoms with E-state index in [-0.39, 0.29) is 18.1 Å². The van der Waals surface area contributed by atoms with Gasteiger partial charge in [-0.1, -0.05) is 30.3 Å². The molecule has 2 N–H and O–H groups in total. The lowest BCUT2D eigenvalue weighted by Crippen LogP contribution is -2.52.